The van der Waals surface area contributed by atoms with Gasteiger partial charge in [0.15, 0.2) is 0 Å². The van der Waals surface area contributed by atoms with Crippen molar-refractivity contribution in [1.82, 2.24) is 9.97 Å². The maximum atomic E-state index is 4.52. The van der Waals surface area contributed by atoms with Crippen molar-refractivity contribution in [3.63, 3.8) is 0 Å². The lowest BCUT2D eigenvalue weighted by molar-refractivity contribution is 1.36. The number of para-hydroxylation sites is 1. The van der Waals surface area contributed by atoms with Crippen molar-refractivity contribution >= 4 is 43.2 Å². The highest BCUT2D eigenvalue weighted by Crippen LogP contribution is 2.30. The standard InChI is InChI=1S/C17H11N.C9H7N/c1-2-6-14-12(5-1)9-10-13-11-18-16-8-4-3-7-15(16)17(13)14;1-2-4-9-7-10-6-5-8(9)3-1/h1-11H;1-7H. The third kappa shape index (κ3) is 2.95. The first-order chi connectivity index (χ1) is 13.9. The lowest BCUT2D eigenvalue weighted by atomic mass is 10.00. The fourth-order valence-electron chi connectivity index (χ4n) is 3.66. The molecule has 0 saturated carbocycles. The first-order valence-electron chi connectivity index (χ1n) is 9.34. The fourth-order valence-corrected chi connectivity index (χ4v) is 3.66. The summed E-state index contributed by atoms with van der Waals surface area (Å²) in [6.45, 7) is 0. The van der Waals surface area contributed by atoms with E-state index >= 15 is 0 Å². The molecule has 0 aliphatic rings. The molecular formula is C26H18N2. The largest absolute Gasteiger partial charge is 0.264 e. The van der Waals surface area contributed by atoms with Gasteiger partial charge in [0.05, 0.1) is 5.52 Å². The van der Waals surface area contributed by atoms with Gasteiger partial charge in [0.1, 0.15) is 0 Å². The predicted octanol–water partition coefficient (Wildman–Crippen LogP) is 6.78. The van der Waals surface area contributed by atoms with Crippen molar-refractivity contribution in [1.29, 1.82) is 0 Å². The van der Waals surface area contributed by atoms with Crippen LogP contribution in [0.1, 0.15) is 0 Å². The van der Waals surface area contributed by atoms with Gasteiger partial charge in [-0.05, 0) is 33.7 Å². The van der Waals surface area contributed by atoms with E-state index in [0.717, 1.165) is 5.52 Å². The van der Waals surface area contributed by atoms with E-state index in [4.69, 9.17) is 0 Å². The topological polar surface area (TPSA) is 25.8 Å². The summed E-state index contributed by atoms with van der Waals surface area (Å²) in [6.07, 6.45) is 5.64. The lowest BCUT2D eigenvalue weighted by Gasteiger charge is -2.06. The summed E-state index contributed by atoms with van der Waals surface area (Å²) in [5.41, 5.74) is 1.06. The predicted molar refractivity (Wildman–Crippen MR) is 118 cm³/mol. The first kappa shape index (κ1) is 16.4. The van der Waals surface area contributed by atoms with Gasteiger partial charge < -0.3 is 0 Å². The Kier molecular flexibility index (Phi) is 4.15. The van der Waals surface area contributed by atoms with E-state index in [1.807, 2.05) is 42.9 Å². The summed E-state index contributed by atoms with van der Waals surface area (Å²) < 4.78 is 0. The van der Waals surface area contributed by atoms with Crippen LogP contribution in [-0.4, -0.2) is 9.97 Å². The number of aromatic nitrogens is 2. The van der Waals surface area contributed by atoms with Crippen molar-refractivity contribution in [2.24, 2.45) is 0 Å². The Bertz CT molecular complexity index is 1280. The molecule has 0 N–H and O–H groups in total. The van der Waals surface area contributed by atoms with Crippen LogP contribution in [0.3, 0.4) is 0 Å². The Labute approximate surface area is 163 Å². The quantitative estimate of drug-likeness (QED) is 0.280. The van der Waals surface area contributed by atoms with Crippen LogP contribution in [0.15, 0.2) is 110 Å². The van der Waals surface area contributed by atoms with Crippen LogP contribution < -0.4 is 0 Å². The van der Waals surface area contributed by atoms with Crippen LogP contribution in [0, 0.1) is 0 Å². The molecule has 132 valence electrons. The van der Waals surface area contributed by atoms with Crippen molar-refractivity contribution in [2.45, 2.75) is 0 Å². The smallest absolute Gasteiger partial charge is 0.0708 e. The van der Waals surface area contributed by atoms with Crippen LogP contribution in [0.4, 0.5) is 0 Å². The molecule has 0 bridgehead atoms. The molecule has 6 aromatic rings. The zero-order chi connectivity index (χ0) is 18.8. The van der Waals surface area contributed by atoms with Gasteiger partial charge in [0.2, 0.25) is 0 Å². The molecule has 0 spiro atoms. The third-order valence-corrected chi connectivity index (χ3v) is 5.03. The minimum absolute atomic E-state index is 1.06. The van der Waals surface area contributed by atoms with E-state index in [1.165, 1.54) is 37.7 Å². The van der Waals surface area contributed by atoms with E-state index in [1.54, 1.807) is 0 Å². The molecule has 2 aromatic heterocycles. The van der Waals surface area contributed by atoms with Crippen LogP contribution in [0.25, 0.3) is 43.2 Å². The molecule has 0 aliphatic heterocycles. The summed E-state index contributed by atoms with van der Waals surface area (Å²) in [6, 6.07) is 31.3. The molecule has 0 atom stereocenters. The summed E-state index contributed by atoms with van der Waals surface area (Å²) in [7, 11) is 0. The van der Waals surface area contributed by atoms with Crippen molar-refractivity contribution < 1.29 is 0 Å². The van der Waals surface area contributed by atoms with Crippen LogP contribution in [0.2, 0.25) is 0 Å². The van der Waals surface area contributed by atoms with Gasteiger partial charge in [-0.25, -0.2) is 0 Å². The van der Waals surface area contributed by atoms with E-state index in [9.17, 15) is 0 Å². The second-order valence-electron chi connectivity index (χ2n) is 6.75. The maximum absolute atomic E-state index is 4.52. The van der Waals surface area contributed by atoms with Crippen molar-refractivity contribution in [3.8, 4) is 0 Å². The van der Waals surface area contributed by atoms with Crippen LogP contribution >= 0.6 is 0 Å². The molecule has 0 amide bonds. The Morgan fingerprint density at radius 3 is 2.00 bits per heavy atom. The lowest BCUT2D eigenvalue weighted by Crippen LogP contribution is -1.83. The van der Waals surface area contributed by atoms with Crippen LogP contribution in [0.5, 0.6) is 0 Å². The van der Waals surface area contributed by atoms with Gasteiger partial charge in [0, 0.05) is 34.7 Å². The molecule has 0 radical (unpaired) electrons. The highest BCUT2D eigenvalue weighted by Gasteiger charge is 2.04. The Hall–Kier alpha value is -3.78. The molecule has 0 aliphatic carbocycles. The Morgan fingerprint density at radius 2 is 1.14 bits per heavy atom. The monoisotopic (exact) mass is 358 g/mol. The summed E-state index contributed by atoms with van der Waals surface area (Å²) in [5, 5.41) is 8.76. The van der Waals surface area contributed by atoms with E-state index in [2.05, 4.69) is 76.7 Å². The normalized spacial score (nSPS) is 10.9. The van der Waals surface area contributed by atoms with Gasteiger partial charge in [-0.15, -0.1) is 0 Å². The molecule has 0 saturated heterocycles. The minimum Gasteiger partial charge on any atom is -0.264 e. The van der Waals surface area contributed by atoms with Crippen molar-refractivity contribution in [3.05, 3.63) is 110 Å². The number of hydrogen-bond donors (Lipinski definition) is 0. The number of benzene rings is 4. The number of fused-ring (bicyclic) bond motifs is 6. The molecule has 28 heavy (non-hydrogen) atoms. The van der Waals surface area contributed by atoms with Gasteiger partial charge in [-0.2, -0.15) is 0 Å². The number of pyridine rings is 2. The van der Waals surface area contributed by atoms with Gasteiger partial charge >= 0.3 is 0 Å². The van der Waals surface area contributed by atoms with Crippen molar-refractivity contribution in [2.75, 3.05) is 0 Å². The van der Waals surface area contributed by atoms with Crippen LogP contribution in [-0.2, 0) is 0 Å². The third-order valence-electron chi connectivity index (χ3n) is 5.03. The van der Waals surface area contributed by atoms with E-state index in [0.29, 0.717) is 0 Å². The minimum atomic E-state index is 1.06. The maximum Gasteiger partial charge on any atom is 0.0708 e. The molecule has 2 heteroatoms. The Balaban J connectivity index is 0.000000145. The number of rotatable bonds is 0. The molecule has 6 rings (SSSR count). The second kappa shape index (κ2) is 7.09. The summed E-state index contributed by atoms with van der Waals surface area (Å²) >= 11 is 0. The Morgan fingerprint density at radius 1 is 0.464 bits per heavy atom. The van der Waals surface area contributed by atoms with E-state index < -0.39 is 0 Å². The first-order valence-corrected chi connectivity index (χ1v) is 9.34. The molecule has 2 heterocycles. The molecule has 0 fully saturated rings. The zero-order valence-electron chi connectivity index (χ0n) is 15.3. The highest BCUT2D eigenvalue weighted by atomic mass is 14.6. The zero-order valence-corrected chi connectivity index (χ0v) is 15.3. The molecule has 0 unspecified atom stereocenters. The number of nitrogens with zero attached hydrogens (tertiary/aromatic N) is 2. The SMILES string of the molecule is c1ccc2c(c1)ccc1cnc3ccccc3c12.c1ccc2cnccc2c1. The number of hydrogen-bond acceptors (Lipinski definition) is 2. The highest BCUT2D eigenvalue weighted by molar-refractivity contribution is 6.18. The van der Waals surface area contributed by atoms with Gasteiger partial charge in [-0.3, -0.25) is 9.97 Å². The average Bonchev–Trinajstić information content (AvgIpc) is 2.79. The molecule has 4 aromatic carbocycles. The van der Waals surface area contributed by atoms with Gasteiger partial charge in [0.25, 0.3) is 0 Å². The summed E-state index contributed by atoms with van der Waals surface area (Å²) in [5.74, 6) is 0. The molecule has 2 nitrogen and oxygen atoms in total. The fraction of sp³-hybridized carbons (Fsp3) is 0. The van der Waals surface area contributed by atoms with Gasteiger partial charge in [-0.1, -0.05) is 78.9 Å². The second-order valence-corrected chi connectivity index (χ2v) is 6.75. The van der Waals surface area contributed by atoms with E-state index in [-0.39, 0.29) is 0 Å². The molecular weight excluding hydrogens is 340 g/mol. The average molecular weight is 358 g/mol. The summed E-state index contributed by atoms with van der Waals surface area (Å²) in [4.78, 5) is 8.53.